The van der Waals surface area contributed by atoms with Gasteiger partial charge in [-0.3, -0.25) is 9.69 Å². The van der Waals surface area contributed by atoms with Crippen LogP contribution in [0.15, 0.2) is 48.5 Å². The van der Waals surface area contributed by atoms with Gasteiger partial charge >= 0.3 is 0 Å². The highest BCUT2D eigenvalue weighted by molar-refractivity contribution is 5.92. The molecule has 0 atom stereocenters. The van der Waals surface area contributed by atoms with E-state index in [1.54, 1.807) is 11.0 Å². The molecule has 2 aliphatic rings. The number of nitrogens with zero attached hydrogens (tertiary/aromatic N) is 5. The lowest BCUT2D eigenvalue weighted by molar-refractivity contribution is 0.0298. The van der Waals surface area contributed by atoms with E-state index in [1.807, 2.05) is 12.1 Å². The molecule has 7 heteroatoms. The van der Waals surface area contributed by atoms with Crippen LogP contribution >= 0.6 is 0 Å². The Morgan fingerprint density at radius 1 is 0.931 bits per heavy atom. The quantitative estimate of drug-likeness (QED) is 0.772. The van der Waals surface area contributed by atoms with Gasteiger partial charge in [0.05, 0.1) is 13.2 Å². The topological polar surface area (TPSA) is 61.8 Å². The number of benzene rings is 1. The van der Waals surface area contributed by atoms with Crippen LogP contribution in [0, 0.1) is 0 Å². The number of carbonyl (C=O) groups is 1. The fourth-order valence-corrected chi connectivity index (χ4v) is 3.60. The van der Waals surface area contributed by atoms with Gasteiger partial charge in [0.15, 0.2) is 11.5 Å². The van der Waals surface area contributed by atoms with Gasteiger partial charge in [-0.05, 0) is 17.7 Å². The van der Waals surface area contributed by atoms with E-state index in [2.05, 4.69) is 56.4 Å². The van der Waals surface area contributed by atoms with Crippen molar-refractivity contribution in [3.63, 3.8) is 0 Å². The molecule has 2 aromatic rings. The Kier molecular flexibility index (Phi) is 6.49. The molecule has 0 bridgehead atoms. The van der Waals surface area contributed by atoms with Crippen molar-refractivity contribution in [3.8, 4) is 0 Å². The molecule has 2 aliphatic heterocycles. The summed E-state index contributed by atoms with van der Waals surface area (Å²) in [6.07, 6.45) is 4.39. The van der Waals surface area contributed by atoms with E-state index in [9.17, 15) is 4.79 Å². The minimum atomic E-state index is -0.0672. The molecule has 0 aliphatic carbocycles. The first kappa shape index (κ1) is 19.5. The van der Waals surface area contributed by atoms with Crippen molar-refractivity contribution in [2.75, 3.05) is 63.9 Å². The lowest BCUT2D eigenvalue weighted by Crippen LogP contribution is -2.46. The van der Waals surface area contributed by atoms with Gasteiger partial charge in [-0.2, -0.15) is 0 Å². The molecule has 0 N–H and O–H groups in total. The molecule has 0 radical (unpaired) electrons. The normalized spacial score (nSPS) is 18.3. The molecule has 3 heterocycles. The van der Waals surface area contributed by atoms with Crippen LogP contribution in [-0.4, -0.2) is 84.9 Å². The molecular weight excluding hydrogens is 366 g/mol. The van der Waals surface area contributed by atoms with E-state index in [1.165, 1.54) is 5.56 Å². The van der Waals surface area contributed by atoms with Crippen LogP contribution < -0.4 is 4.90 Å². The number of anilines is 1. The van der Waals surface area contributed by atoms with Gasteiger partial charge in [0.2, 0.25) is 0 Å². The van der Waals surface area contributed by atoms with E-state index in [0.29, 0.717) is 32.0 Å². The van der Waals surface area contributed by atoms with E-state index in [0.717, 1.165) is 38.5 Å². The average Bonchev–Trinajstić information content (AvgIpc) is 2.80. The van der Waals surface area contributed by atoms with Crippen molar-refractivity contribution in [2.45, 2.75) is 0 Å². The third kappa shape index (κ3) is 5.19. The molecule has 7 nitrogen and oxygen atoms in total. The Hall–Kier alpha value is -2.77. The molecular formula is C22H27N5O2. The lowest BCUT2D eigenvalue weighted by Gasteiger charge is -2.34. The smallest absolute Gasteiger partial charge is 0.274 e. The van der Waals surface area contributed by atoms with Crippen LogP contribution in [0.4, 0.5) is 5.82 Å². The predicted molar refractivity (Wildman–Crippen MR) is 113 cm³/mol. The molecule has 2 saturated heterocycles. The fourth-order valence-electron chi connectivity index (χ4n) is 3.60. The summed E-state index contributed by atoms with van der Waals surface area (Å²) in [7, 11) is 0. The number of ether oxygens (including phenoxy) is 1. The third-order valence-corrected chi connectivity index (χ3v) is 5.34. The number of hydrogen-bond donors (Lipinski definition) is 0. The largest absolute Gasteiger partial charge is 0.378 e. The summed E-state index contributed by atoms with van der Waals surface area (Å²) in [5.41, 5.74) is 1.63. The standard InChI is InChI=1S/C22H27N5O2/c28-22(27-15-17-29-18-16-27)20-8-9-21(24-23-20)26-13-11-25(12-14-26)10-4-7-19-5-2-1-3-6-19/h1-9H,10-18H2/b7-4+. The monoisotopic (exact) mass is 393 g/mol. The van der Waals surface area contributed by atoms with Gasteiger partial charge in [-0.25, -0.2) is 0 Å². The SMILES string of the molecule is O=C(c1ccc(N2CCN(C/C=C/c3ccccc3)CC2)nn1)N1CCOCC1. The highest BCUT2D eigenvalue weighted by Gasteiger charge is 2.21. The molecule has 152 valence electrons. The summed E-state index contributed by atoms with van der Waals surface area (Å²) in [4.78, 5) is 18.9. The number of aromatic nitrogens is 2. The van der Waals surface area contributed by atoms with Crippen molar-refractivity contribution in [2.24, 2.45) is 0 Å². The summed E-state index contributed by atoms with van der Waals surface area (Å²) in [6, 6.07) is 14.1. The first-order chi connectivity index (χ1) is 14.3. The van der Waals surface area contributed by atoms with Crippen LogP contribution in [0.3, 0.4) is 0 Å². The Morgan fingerprint density at radius 3 is 2.38 bits per heavy atom. The minimum absolute atomic E-state index is 0.0672. The average molecular weight is 393 g/mol. The second-order valence-corrected chi connectivity index (χ2v) is 7.28. The first-order valence-electron chi connectivity index (χ1n) is 10.2. The number of amides is 1. The van der Waals surface area contributed by atoms with Gasteiger partial charge < -0.3 is 14.5 Å². The van der Waals surface area contributed by atoms with Crippen molar-refractivity contribution in [1.82, 2.24) is 20.0 Å². The zero-order chi connectivity index (χ0) is 19.9. The molecule has 1 aromatic carbocycles. The third-order valence-electron chi connectivity index (χ3n) is 5.34. The molecule has 4 rings (SSSR count). The second-order valence-electron chi connectivity index (χ2n) is 7.28. The molecule has 0 unspecified atom stereocenters. The maximum Gasteiger partial charge on any atom is 0.274 e. The van der Waals surface area contributed by atoms with Crippen LogP contribution in [0.1, 0.15) is 16.1 Å². The summed E-state index contributed by atoms with van der Waals surface area (Å²) in [5, 5.41) is 8.49. The minimum Gasteiger partial charge on any atom is -0.378 e. The van der Waals surface area contributed by atoms with Crippen molar-refractivity contribution in [1.29, 1.82) is 0 Å². The van der Waals surface area contributed by atoms with Gasteiger partial charge in [-0.15, -0.1) is 10.2 Å². The summed E-state index contributed by atoms with van der Waals surface area (Å²) in [5.74, 6) is 0.769. The second kappa shape index (κ2) is 9.62. The maximum absolute atomic E-state index is 12.5. The number of carbonyl (C=O) groups excluding carboxylic acids is 1. The Morgan fingerprint density at radius 2 is 1.69 bits per heavy atom. The summed E-state index contributed by atoms with van der Waals surface area (Å²) in [6.45, 7) is 7.12. The molecule has 29 heavy (non-hydrogen) atoms. The van der Waals surface area contributed by atoms with Crippen LogP contribution in [0.25, 0.3) is 6.08 Å². The Bertz CT molecular complexity index is 811. The predicted octanol–water partition coefficient (Wildman–Crippen LogP) is 1.78. The molecule has 2 fully saturated rings. The molecule has 0 saturated carbocycles. The van der Waals surface area contributed by atoms with Crippen LogP contribution in [0.5, 0.6) is 0 Å². The van der Waals surface area contributed by atoms with E-state index < -0.39 is 0 Å². The van der Waals surface area contributed by atoms with Gasteiger partial charge in [0.1, 0.15) is 0 Å². The summed E-state index contributed by atoms with van der Waals surface area (Å²) >= 11 is 0. The number of rotatable bonds is 5. The summed E-state index contributed by atoms with van der Waals surface area (Å²) < 4.78 is 5.30. The zero-order valence-electron chi connectivity index (χ0n) is 16.6. The van der Waals surface area contributed by atoms with E-state index in [-0.39, 0.29) is 5.91 Å². The van der Waals surface area contributed by atoms with E-state index >= 15 is 0 Å². The molecule has 1 amide bonds. The zero-order valence-corrected chi connectivity index (χ0v) is 16.6. The molecule has 1 aromatic heterocycles. The number of morpholine rings is 1. The van der Waals surface area contributed by atoms with Crippen molar-refractivity contribution in [3.05, 3.63) is 59.8 Å². The van der Waals surface area contributed by atoms with Crippen molar-refractivity contribution < 1.29 is 9.53 Å². The highest BCUT2D eigenvalue weighted by atomic mass is 16.5. The fraction of sp³-hybridized carbons (Fsp3) is 0.409. The van der Waals surface area contributed by atoms with Gasteiger partial charge in [0, 0.05) is 45.8 Å². The van der Waals surface area contributed by atoms with Crippen molar-refractivity contribution >= 4 is 17.8 Å². The first-order valence-corrected chi connectivity index (χ1v) is 10.2. The van der Waals surface area contributed by atoms with E-state index in [4.69, 9.17) is 4.74 Å². The maximum atomic E-state index is 12.5. The van der Waals surface area contributed by atoms with Crippen LogP contribution in [-0.2, 0) is 4.74 Å². The molecule has 0 spiro atoms. The highest BCUT2D eigenvalue weighted by Crippen LogP contribution is 2.14. The Labute approximate surface area is 171 Å². The van der Waals surface area contributed by atoms with Gasteiger partial charge in [0.25, 0.3) is 5.91 Å². The van der Waals surface area contributed by atoms with Gasteiger partial charge in [-0.1, -0.05) is 42.5 Å². The number of piperazine rings is 1. The Balaban J connectivity index is 1.26. The lowest BCUT2D eigenvalue weighted by atomic mass is 10.2. The number of hydrogen-bond acceptors (Lipinski definition) is 6. The van der Waals surface area contributed by atoms with Crippen LogP contribution in [0.2, 0.25) is 0 Å².